The number of aliphatic hydroxyl groups is 2. The lowest BCUT2D eigenvalue weighted by Gasteiger charge is -2.37. The predicted octanol–water partition coefficient (Wildman–Crippen LogP) is 3.74. The fourth-order valence-electron chi connectivity index (χ4n) is 5.70. The smallest absolute Gasteiger partial charge is 0.237 e. The number of hydrogen-bond acceptors (Lipinski definition) is 5. The van der Waals surface area contributed by atoms with E-state index < -0.39 is 41.9 Å². The van der Waals surface area contributed by atoms with Crippen LogP contribution in [-0.4, -0.2) is 53.4 Å². The van der Waals surface area contributed by atoms with Crippen molar-refractivity contribution in [1.82, 2.24) is 10.6 Å². The summed E-state index contributed by atoms with van der Waals surface area (Å²) in [6.45, 7) is 5.83. The monoisotopic (exact) mass is 551 g/mol. The molecule has 1 fully saturated rings. The molecule has 37 heavy (non-hydrogen) atoms. The highest BCUT2D eigenvalue weighted by atomic mass is 35.5. The molecule has 5 atom stereocenters. The zero-order valence-electron chi connectivity index (χ0n) is 20.9. The standard InChI is InChI=1S/C27H32Cl2FN3O4/c1-26(2,3)12-21-27(17-10-19(30)18(29)11-20(17)32-25(27)37)22(14-5-4-6-15(28)9-14)23(33-21)24(36)31-8-7-16(35)13-34/h4-6,9-11,16,21-23,33-35H,7-8,12-13H2,1-3H3,(H,31,36)(H,32,37)/t16-,21-,22+,23-,27-/m1/s1. The second-order valence-electron chi connectivity index (χ2n) is 11.0. The SMILES string of the molecule is CC(C)(C)C[C@H]1N[C@@H](C(=O)NCC[C@@H](O)CO)[C@H](c2cccc(Cl)c2)[C@]12C(=O)Nc1cc(Cl)c(F)cc12. The summed E-state index contributed by atoms with van der Waals surface area (Å²) < 4.78 is 14.9. The van der Waals surface area contributed by atoms with Crippen molar-refractivity contribution in [3.63, 3.8) is 0 Å². The molecule has 0 saturated carbocycles. The Labute approximate surface area is 225 Å². The van der Waals surface area contributed by atoms with Crippen LogP contribution in [0, 0.1) is 11.2 Å². The van der Waals surface area contributed by atoms with Gasteiger partial charge in [0.1, 0.15) is 11.2 Å². The molecule has 1 spiro atoms. The average Bonchev–Trinajstić information content (AvgIpc) is 3.28. The molecule has 0 bridgehead atoms. The normalized spacial score (nSPS) is 25.7. The predicted molar refractivity (Wildman–Crippen MR) is 141 cm³/mol. The molecule has 5 N–H and O–H groups in total. The van der Waals surface area contributed by atoms with Gasteiger partial charge in [-0.3, -0.25) is 9.59 Å². The van der Waals surface area contributed by atoms with E-state index >= 15 is 0 Å². The molecule has 2 aliphatic heterocycles. The number of nitrogens with one attached hydrogen (secondary N) is 3. The van der Waals surface area contributed by atoms with E-state index in [-0.39, 0.29) is 35.2 Å². The molecule has 7 nitrogen and oxygen atoms in total. The number of fused-ring (bicyclic) bond motifs is 2. The molecule has 2 aromatic rings. The molecule has 0 aliphatic carbocycles. The van der Waals surface area contributed by atoms with Gasteiger partial charge in [0.2, 0.25) is 11.8 Å². The van der Waals surface area contributed by atoms with Crippen LogP contribution in [0.25, 0.3) is 0 Å². The molecule has 4 rings (SSSR count). The third-order valence-electron chi connectivity index (χ3n) is 7.18. The Morgan fingerprint density at radius 1 is 1.24 bits per heavy atom. The van der Waals surface area contributed by atoms with Crippen molar-refractivity contribution < 1.29 is 24.2 Å². The van der Waals surface area contributed by atoms with E-state index in [4.69, 9.17) is 28.3 Å². The fourth-order valence-corrected chi connectivity index (χ4v) is 6.06. The van der Waals surface area contributed by atoms with Crippen LogP contribution in [0.3, 0.4) is 0 Å². The lowest BCUT2D eigenvalue weighted by Crippen LogP contribution is -2.49. The summed E-state index contributed by atoms with van der Waals surface area (Å²) in [6, 6.07) is 8.30. The summed E-state index contributed by atoms with van der Waals surface area (Å²) in [4.78, 5) is 27.6. The number of carbonyl (C=O) groups excluding carboxylic acids is 2. The molecule has 2 amide bonds. The highest BCUT2D eigenvalue weighted by Crippen LogP contribution is 2.57. The van der Waals surface area contributed by atoms with Crippen LogP contribution in [0.5, 0.6) is 0 Å². The Kier molecular flexibility index (Phi) is 7.89. The van der Waals surface area contributed by atoms with E-state index in [2.05, 4.69) is 16.0 Å². The molecule has 200 valence electrons. The van der Waals surface area contributed by atoms with Crippen molar-refractivity contribution in [3.05, 3.63) is 63.4 Å². The first-order valence-corrected chi connectivity index (χ1v) is 13.0. The number of aliphatic hydroxyl groups excluding tert-OH is 2. The molecule has 2 aliphatic rings. The van der Waals surface area contributed by atoms with Crippen molar-refractivity contribution in [3.8, 4) is 0 Å². The summed E-state index contributed by atoms with van der Waals surface area (Å²) in [5.41, 5.74) is -0.0573. The molecule has 0 radical (unpaired) electrons. The van der Waals surface area contributed by atoms with Crippen LogP contribution in [0.2, 0.25) is 10.0 Å². The van der Waals surface area contributed by atoms with Gasteiger partial charge in [0, 0.05) is 29.2 Å². The Morgan fingerprint density at radius 3 is 2.62 bits per heavy atom. The summed E-state index contributed by atoms with van der Waals surface area (Å²) in [7, 11) is 0. The topological polar surface area (TPSA) is 111 Å². The number of anilines is 1. The van der Waals surface area contributed by atoms with Gasteiger partial charge in [-0.25, -0.2) is 4.39 Å². The first-order chi connectivity index (χ1) is 17.4. The van der Waals surface area contributed by atoms with E-state index in [1.807, 2.05) is 26.8 Å². The Hall–Kier alpha value is -2.23. The van der Waals surface area contributed by atoms with E-state index in [1.54, 1.807) is 18.2 Å². The molecular formula is C27H32Cl2FN3O4. The lowest BCUT2D eigenvalue weighted by molar-refractivity contribution is -0.124. The quantitative estimate of drug-likeness (QED) is 0.360. The number of hydrogen-bond donors (Lipinski definition) is 5. The number of amides is 2. The Bertz CT molecular complexity index is 1200. The van der Waals surface area contributed by atoms with Gasteiger partial charge < -0.3 is 26.2 Å². The van der Waals surface area contributed by atoms with Crippen LogP contribution < -0.4 is 16.0 Å². The Balaban J connectivity index is 1.89. The zero-order valence-corrected chi connectivity index (χ0v) is 22.5. The zero-order chi connectivity index (χ0) is 27.1. The molecule has 2 heterocycles. The summed E-state index contributed by atoms with van der Waals surface area (Å²) in [5, 5.41) is 28.3. The van der Waals surface area contributed by atoms with Gasteiger partial charge in [-0.15, -0.1) is 0 Å². The van der Waals surface area contributed by atoms with E-state index in [9.17, 15) is 19.1 Å². The maximum atomic E-state index is 14.9. The van der Waals surface area contributed by atoms with E-state index in [0.29, 0.717) is 28.3 Å². The van der Waals surface area contributed by atoms with Crippen LogP contribution >= 0.6 is 23.2 Å². The molecule has 1 saturated heterocycles. The first kappa shape index (κ1) is 27.8. The van der Waals surface area contributed by atoms with Crippen LogP contribution in [-0.2, 0) is 15.0 Å². The minimum absolute atomic E-state index is 0.106. The minimum Gasteiger partial charge on any atom is -0.394 e. The molecule has 0 unspecified atom stereocenters. The molecule has 2 aromatic carbocycles. The van der Waals surface area contributed by atoms with Crippen molar-refractivity contribution in [1.29, 1.82) is 0 Å². The van der Waals surface area contributed by atoms with Gasteiger partial charge in [-0.1, -0.05) is 56.1 Å². The number of halogens is 3. The van der Waals surface area contributed by atoms with Crippen molar-refractivity contribution in [2.24, 2.45) is 5.41 Å². The second kappa shape index (κ2) is 10.5. The van der Waals surface area contributed by atoms with Gasteiger partial charge in [-0.05, 0) is 53.6 Å². The van der Waals surface area contributed by atoms with E-state index in [1.165, 1.54) is 12.1 Å². The van der Waals surface area contributed by atoms with Gasteiger partial charge in [-0.2, -0.15) is 0 Å². The van der Waals surface area contributed by atoms with Crippen molar-refractivity contribution in [2.75, 3.05) is 18.5 Å². The average molecular weight is 552 g/mol. The second-order valence-corrected chi connectivity index (χ2v) is 11.9. The summed E-state index contributed by atoms with van der Waals surface area (Å²) >= 11 is 12.4. The third-order valence-corrected chi connectivity index (χ3v) is 7.70. The molecule has 10 heteroatoms. The molecular weight excluding hydrogens is 520 g/mol. The molecule has 0 aromatic heterocycles. The summed E-state index contributed by atoms with van der Waals surface area (Å²) in [6.07, 6.45) is -0.282. The van der Waals surface area contributed by atoms with Crippen molar-refractivity contribution in [2.45, 2.75) is 63.1 Å². The minimum atomic E-state index is -1.33. The highest BCUT2D eigenvalue weighted by Gasteiger charge is 2.65. The van der Waals surface area contributed by atoms with Crippen LogP contribution in [0.15, 0.2) is 36.4 Å². The van der Waals surface area contributed by atoms with Crippen molar-refractivity contribution >= 4 is 40.7 Å². The summed E-state index contributed by atoms with van der Waals surface area (Å²) in [5.74, 6) is -2.10. The maximum absolute atomic E-state index is 14.9. The highest BCUT2D eigenvalue weighted by molar-refractivity contribution is 6.31. The third kappa shape index (κ3) is 5.22. The lowest BCUT2D eigenvalue weighted by atomic mass is 9.62. The fraction of sp³-hybridized carbons (Fsp3) is 0.481. The Morgan fingerprint density at radius 2 is 1.97 bits per heavy atom. The number of benzene rings is 2. The van der Waals surface area contributed by atoms with E-state index in [0.717, 1.165) is 0 Å². The van der Waals surface area contributed by atoms with Crippen LogP contribution in [0.4, 0.5) is 10.1 Å². The van der Waals surface area contributed by atoms with Gasteiger partial charge in [0.05, 0.1) is 23.8 Å². The maximum Gasteiger partial charge on any atom is 0.237 e. The van der Waals surface area contributed by atoms with Gasteiger partial charge >= 0.3 is 0 Å². The van der Waals surface area contributed by atoms with Crippen LogP contribution in [0.1, 0.15) is 50.7 Å². The van der Waals surface area contributed by atoms with Gasteiger partial charge in [0.15, 0.2) is 0 Å². The van der Waals surface area contributed by atoms with Gasteiger partial charge in [0.25, 0.3) is 0 Å². The number of carbonyl (C=O) groups is 2. The number of rotatable bonds is 7. The first-order valence-electron chi connectivity index (χ1n) is 12.3. The largest absolute Gasteiger partial charge is 0.394 e.